The van der Waals surface area contributed by atoms with Crippen LogP contribution in [0.1, 0.15) is 62.8 Å². The number of nitrogens with one attached hydrogen (secondary N) is 2. The average molecular weight is 776 g/mol. The third-order valence-corrected chi connectivity index (χ3v) is 12.7. The summed E-state index contributed by atoms with van der Waals surface area (Å²) in [5, 5.41) is 25.2. The second kappa shape index (κ2) is 18.1. The van der Waals surface area contributed by atoms with Crippen molar-refractivity contribution < 1.29 is 37.7 Å². The van der Waals surface area contributed by atoms with Gasteiger partial charge in [0.25, 0.3) is 5.91 Å². The van der Waals surface area contributed by atoms with E-state index in [0.29, 0.717) is 34.7 Å². The summed E-state index contributed by atoms with van der Waals surface area (Å²) in [6.07, 6.45) is 4.57. The van der Waals surface area contributed by atoms with Crippen molar-refractivity contribution >= 4 is 44.8 Å². The lowest BCUT2D eigenvalue weighted by Gasteiger charge is -2.36. The molecular weight excluding hydrogens is 727 g/mol. The molecule has 1 heterocycles. The van der Waals surface area contributed by atoms with Crippen LogP contribution in [0.4, 0.5) is 11.4 Å². The van der Waals surface area contributed by atoms with Gasteiger partial charge in [0.1, 0.15) is 11.8 Å². The number of ether oxygens (including phenoxy) is 2. The molecule has 3 atom stereocenters. The molecule has 0 aliphatic carbocycles. The second-order valence-electron chi connectivity index (χ2n) is 13.5. The molecule has 1 aliphatic heterocycles. The van der Waals surface area contributed by atoms with Crippen LogP contribution in [0.25, 0.3) is 0 Å². The van der Waals surface area contributed by atoms with Gasteiger partial charge >= 0.3 is 0 Å². The Morgan fingerprint density at radius 2 is 1.65 bits per heavy atom. The number of anilines is 2. The summed E-state index contributed by atoms with van der Waals surface area (Å²) >= 11 is 1.39. The number of aromatic hydroxyl groups is 2. The first-order valence-corrected chi connectivity index (χ1v) is 20.9. The monoisotopic (exact) mass is 775 g/mol. The fourth-order valence-electron chi connectivity index (χ4n) is 6.81. The van der Waals surface area contributed by atoms with Crippen LogP contribution in [0.3, 0.4) is 0 Å². The van der Waals surface area contributed by atoms with Crippen molar-refractivity contribution in [1.29, 1.82) is 0 Å². The predicted octanol–water partition coefficient (Wildman–Crippen LogP) is 7.07. The minimum atomic E-state index is -3.78. The summed E-state index contributed by atoms with van der Waals surface area (Å²) in [6, 6.07) is 25.1. The smallest absolute Gasteiger partial charge is 0.258 e. The third kappa shape index (κ3) is 9.49. The Hall–Kier alpha value is -4.72. The van der Waals surface area contributed by atoms with Gasteiger partial charge in [-0.2, -0.15) is 0 Å². The Labute approximate surface area is 322 Å². The molecule has 0 radical (unpaired) electrons. The highest BCUT2D eigenvalue weighted by Gasteiger charge is 2.42. The molecule has 0 bridgehead atoms. The van der Waals surface area contributed by atoms with Crippen molar-refractivity contribution in [1.82, 2.24) is 10.6 Å². The fraction of sp³-hybridized carbons (Fsp3) is 0.366. The number of hydrogen-bond donors (Lipinski definition) is 4. The van der Waals surface area contributed by atoms with Crippen molar-refractivity contribution in [2.24, 2.45) is 5.41 Å². The predicted molar refractivity (Wildman–Crippen MR) is 211 cm³/mol. The lowest BCUT2D eigenvalue weighted by Crippen LogP contribution is -2.43. The molecule has 11 nitrogen and oxygen atoms in total. The summed E-state index contributed by atoms with van der Waals surface area (Å²) in [6.45, 7) is 4.25. The largest absolute Gasteiger partial charge is 0.504 e. The average Bonchev–Trinajstić information content (AvgIpc) is 3.28. The lowest BCUT2D eigenvalue weighted by atomic mass is 9.81. The highest BCUT2D eigenvalue weighted by molar-refractivity contribution is 7.98. The Balaban J connectivity index is 1.39. The number of thioether (sulfide) groups is 1. The van der Waals surface area contributed by atoms with Gasteiger partial charge in [0.2, 0.25) is 5.91 Å². The molecule has 2 unspecified atom stereocenters. The van der Waals surface area contributed by atoms with Crippen LogP contribution in [0, 0.1) is 5.41 Å². The van der Waals surface area contributed by atoms with Gasteiger partial charge in [0.15, 0.2) is 27.9 Å². The Morgan fingerprint density at radius 3 is 2.28 bits per heavy atom. The van der Waals surface area contributed by atoms with Crippen molar-refractivity contribution in [2.45, 2.75) is 61.5 Å². The summed E-state index contributed by atoms with van der Waals surface area (Å²) in [4.78, 5) is 30.0. The number of sulfone groups is 1. The van der Waals surface area contributed by atoms with Gasteiger partial charge in [-0.3, -0.25) is 9.59 Å². The quantitative estimate of drug-likeness (QED) is 0.0687. The first-order valence-electron chi connectivity index (χ1n) is 18.0. The maximum absolute atomic E-state index is 14.3. The molecule has 1 aliphatic rings. The van der Waals surface area contributed by atoms with Crippen LogP contribution in [0.2, 0.25) is 0 Å². The van der Waals surface area contributed by atoms with Crippen LogP contribution >= 0.6 is 11.8 Å². The van der Waals surface area contributed by atoms with Crippen LogP contribution < -0.4 is 20.3 Å². The van der Waals surface area contributed by atoms with E-state index in [1.807, 2.05) is 42.7 Å². The van der Waals surface area contributed by atoms with Gasteiger partial charge in [-0.15, -0.1) is 11.8 Å². The first-order chi connectivity index (χ1) is 25.9. The number of fused-ring (bicyclic) bond motifs is 1. The number of carbonyl (C=O) groups is 2. The van der Waals surface area contributed by atoms with Crippen LogP contribution in [0.5, 0.6) is 17.2 Å². The number of unbranched alkanes of at least 4 members (excludes halogenated alkanes) is 1. The maximum Gasteiger partial charge on any atom is 0.258 e. The van der Waals surface area contributed by atoms with E-state index in [9.17, 15) is 28.2 Å². The molecule has 0 saturated carbocycles. The number of para-hydroxylation sites is 1. The molecular formula is C41H49N3O8S2. The third-order valence-electron chi connectivity index (χ3n) is 9.92. The van der Waals surface area contributed by atoms with E-state index in [4.69, 9.17) is 9.47 Å². The molecule has 5 rings (SSSR count). The topological polar surface area (TPSA) is 154 Å². The number of benzene rings is 4. The molecule has 0 aromatic heterocycles. The van der Waals surface area contributed by atoms with E-state index in [-0.39, 0.29) is 34.4 Å². The van der Waals surface area contributed by atoms with Crippen LogP contribution in [-0.2, 0) is 24.2 Å². The van der Waals surface area contributed by atoms with E-state index in [0.717, 1.165) is 24.9 Å². The highest BCUT2D eigenvalue weighted by atomic mass is 32.2. The number of hydrogen-bond acceptors (Lipinski definition) is 10. The number of methoxy groups -OCH3 is 1. The number of phenols is 2. The zero-order valence-electron chi connectivity index (χ0n) is 31.1. The molecule has 4 aromatic rings. The molecule has 0 spiro atoms. The zero-order chi connectivity index (χ0) is 38.9. The Kier molecular flexibility index (Phi) is 13.5. The Morgan fingerprint density at radius 1 is 0.944 bits per heavy atom. The van der Waals surface area contributed by atoms with E-state index >= 15 is 0 Å². The second-order valence-corrected chi connectivity index (χ2v) is 16.3. The number of amides is 2. The number of phenolic OH excluding ortho intramolecular Hbond substituents is 2. The summed E-state index contributed by atoms with van der Waals surface area (Å²) in [5.41, 5.74) is 2.07. The van der Waals surface area contributed by atoms with Gasteiger partial charge in [-0.05, 0) is 60.6 Å². The van der Waals surface area contributed by atoms with Crippen LogP contribution in [0.15, 0.2) is 101 Å². The lowest BCUT2D eigenvalue weighted by molar-refractivity contribution is -0.130. The van der Waals surface area contributed by atoms with Crippen LogP contribution in [-0.4, -0.2) is 69.3 Å². The van der Waals surface area contributed by atoms with Gasteiger partial charge < -0.3 is 35.2 Å². The van der Waals surface area contributed by atoms with Gasteiger partial charge in [0.05, 0.1) is 27.3 Å². The number of rotatable bonds is 16. The van der Waals surface area contributed by atoms with Gasteiger partial charge in [0, 0.05) is 37.4 Å². The molecule has 0 saturated heterocycles. The minimum Gasteiger partial charge on any atom is -0.504 e. The highest BCUT2D eigenvalue weighted by Crippen LogP contribution is 2.47. The summed E-state index contributed by atoms with van der Waals surface area (Å²) < 4.78 is 40.2. The van der Waals surface area contributed by atoms with Crippen molar-refractivity contribution in [2.75, 3.05) is 43.7 Å². The summed E-state index contributed by atoms with van der Waals surface area (Å²) in [5.74, 6) is -1.45. The molecule has 13 heteroatoms. The standard InChI is InChI=1S/C41H49N3O8S2/c1-5-7-20-41(6-2)26-44(30-16-12-9-13-17-30)31-22-36(53-4)34(23-37(31)54(49,50)27-41)52-25-38(47)43-39(28-14-10-8-11-15-28)40(48)42-24-35(51-3)29-18-19-32(45)33(46)21-29/h8-19,21-23,35,39,45-46H,5-7,20,24-27H2,1-4H3,(H,42,48)(H,43,47)/t35?,39-,41?/m1/s1. The van der Waals surface area contributed by atoms with E-state index in [1.165, 1.54) is 31.0 Å². The molecule has 4 N–H and O–H groups in total. The maximum atomic E-state index is 14.3. The molecule has 288 valence electrons. The molecule has 0 fully saturated rings. The van der Waals surface area contributed by atoms with E-state index < -0.39 is 45.8 Å². The van der Waals surface area contributed by atoms with Gasteiger partial charge in [-0.25, -0.2) is 8.42 Å². The van der Waals surface area contributed by atoms with Crippen molar-refractivity contribution in [3.63, 3.8) is 0 Å². The number of carbonyl (C=O) groups excluding carboxylic acids is 2. The normalized spacial score (nSPS) is 17.4. The van der Waals surface area contributed by atoms with E-state index in [1.54, 1.807) is 42.5 Å². The zero-order valence-corrected chi connectivity index (χ0v) is 32.7. The van der Waals surface area contributed by atoms with Gasteiger partial charge in [-0.1, -0.05) is 81.3 Å². The molecule has 2 amide bonds. The minimum absolute atomic E-state index is 0.00290. The Bertz CT molecular complexity index is 2010. The van der Waals surface area contributed by atoms with Crippen molar-refractivity contribution in [3.05, 3.63) is 102 Å². The SMILES string of the molecule is CCCCC1(CC)CN(c2ccccc2)c2cc(SC)c(OCC(=O)N[C@@H](C(=O)NCC(OC)c3ccc(O)c(O)c3)c3ccccc3)cc2S(=O)(=O)C1. The fourth-order valence-corrected chi connectivity index (χ4v) is 9.53. The molecule has 54 heavy (non-hydrogen) atoms. The first kappa shape index (κ1) is 40.5. The van der Waals surface area contributed by atoms with E-state index in [2.05, 4.69) is 29.4 Å². The molecule has 4 aromatic carbocycles. The summed E-state index contributed by atoms with van der Waals surface area (Å²) in [7, 11) is -2.33. The van der Waals surface area contributed by atoms with Crippen molar-refractivity contribution in [3.8, 4) is 17.2 Å². The number of nitrogens with zero attached hydrogens (tertiary/aromatic N) is 1.